The summed E-state index contributed by atoms with van der Waals surface area (Å²) in [5.41, 5.74) is 0. The first-order chi connectivity index (χ1) is 10.1. The Kier molecular flexibility index (Phi) is 5.67. The zero-order valence-corrected chi connectivity index (χ0v) is 13.6. The smallest absolute Gasteiger partial charge is 0.191 e. The maximum Gasteiger partial charge on any atom is 0.191 e. The molecule has 1 aliphatic rings. The molecule has 1 saturated heterocycles. The van der Waals surface area contributed by atoms with Gasteiger partial charge in [-0.05, 0) is 38.8 Å². The zero-order valence-electron chi connectivity index (χ0n) is 13.6. The van der Waals surface area contributed by atoms with E-state index in [9.17, 15) is 0 Å². The molecule has 0 aromatic carbocycles. The minimum absolute atomic E-state index is 0.446. The molecule has 1 aromatic rings. The highest BCUT2D eigenvalue weighted by atomic mass is 16.3. The number of furan rings is 1. The Bertz CT molecular complexity index is 441. The zero-order chi connectivity index (χ0) is 15.2. The standard InChI is InChI=1S/C16H28N4O/c1-5-17-16(18-9-14-7-6-8-21-14)19-15-11-20(12(2)3)10-13(15)4/h6-8,12-13,15H,5,9-11H2,1-4H3,(H2,17,18,19). The summed E-state index contributed by atoms with van der Waals surface area (Å²) in [6.45, 7) is 12.5. The lowest BCUT2D eigenvalue weighted by Crippen LogP contribution is -2.46. The fourth-order valence-electron chi connectivity index (χ4n) is 2.67. The van der Waals surface area contributed by atoms with Crippen molar-refractivity contribution in [3.05, 3.63) is 24.2 Å². The van der Waals surface area contributed by atoms with E-state index in [1.165, 1.54) is 0 Å². The van der Waals surface area contributed by atoms with E-state index in [1.54, 1.807) is 6.26 Å². The van der Waals surface area contributed by atoms with Gasteiger partial charge in [0, 0.05) is 31.7 Å². The molecule has 2 N–H and O–H groups in total. The van der Waals surface area contributed by atoms with E-state index in [1.807, 2.05) is 12.1 Å². The van der Waals surface area contributed by atoms with Gasteiger partial charge in [-0.25, -0.2) is 4.99 Å². The van der Waals surface area contributed by atoms with E-state index in [4.69, 9.17) is 4.42 Å². The maximum absolute atomic E-state index is 5.33. The molecule has 1 aliphatic heterocycles. The predicted molar refractivity (Wildman–Crippen MR) is 86.3 cm³/mol. The number of rotatable bonds is 5. The van der Waals surface area contributed by atoms with Crippen LogP contribution in [0.1, 0.15) is 33.5 Å². The molecule has 5 nitrogen and oxygen atoms in total. The molecule has 0 bridgehead atoms. The van der Waals surface area contributed by atoms with E-state index in [0.717, 1.165) is 31.4 Å². The van der Waals surface area contributed by atoms with Crippen molar-refractivity contribution in [2.24, 2.45) is 10.9 Å². The largest absolute Gasteiger partial charge is 0.467 e. The van der Waals surface area contributed by atoms with Crippen LogP contribution in [0.2, 0.25) is 0 Å². The Hall–Kier alpha value is -1.49. The summed E-state index contributed by atoms with van der Waals surface area (Å²) in [6.07, 6.45) is 1.69. The molecule has 0 spiro atoms. The lowest BCUT2D eigenvalue weighted by Gasteiger charge is -2.21. The predicted octanol–water partition coefficient (Wildman–Crippen LogP) is 2.06. The van der Waals surface area contributed by atoms with Crippen LogP contribution in [0.15, 0.2) is 27.8 Å². The fourth-order valence-corrected chi connectivity index (χ4v) is 2.67. The van der Waals surface area contributed by atoms with Crippen LogP contribution in [0.4, 0.5) is 0 Å². The normalized spacial score (nSPS) is 23.8. The van der Waals surface area contributed by atoms with E-state index in [2.05, 4.69) is 48.2 Å². The molecule has 2 unspecified atom stereocenters. The summed E-state index contributed by atoms with van der Waals surface area (Å²) < 4.78 is 5.33. The van der Waals surface area contributed by atoms with Gasteiger partial charge < -0.3 is 15.1 Å². The summed E-state index contributed by atoms with van der Waals surface area (Å²) in [6, 6.07) is 4.89. The SMILES string of the molecule is CCNC(=NCc1ccco1)NC1CN(C(C)C)CC1C. The molecular weight excluding hydrogens is 264 g/mol. The Labute approximate surface area is 127 Å². The summed E-state index contributed by atoms with van der Waals surface area (Å²) in [5.74, 6) is 2.38. The molecule has 21 heavy (non-hydrogen) atoms. The van der Waals surface area contributed by atoms with Crippen LogP contribution < -0.4 is 10.6 Å². The lowest BCUT2D eigenvalue weighted by atomic mass is 10.1. The first kappa shape index (κ1) is 15.9. The van der Waals surface area contributed by atoms with Gasteiger partial charge >= 0.3 is 0 Å². The van der Waals surface area contributed by atoms with Crippen LogP contribution in [-0.4, -0.2) is 42.6 Å². The van der Waals surface area contributed by atoms with Crippen molar-refractivity contribution in [3.8, 4) is 0 Å². The Morgan fingerprint density at radius 1 is 1.48 bits per heavy atom. The Morgan fingerprint density at radius 3 is 2.86 bits per heavy atom. The number of hydrogen-bond donors (Lipinski definition) is 2. The third kappa shape index (κ3) is 4.49. The van der Waals surface area contributed by atoms with Crippen molar-refractivity contribution in [2.75, 3.05) is 19.6 Å². The third-order valence-electron chi connectivity index (χ3n) is 4.01. The average Bonchev–Trinajstić information content (AvgIpc) is 3.07. The van der Waals surface area contributed by atoms with Crippen LogP contribution in [0.5, 0.6) is 0 Å². The molecule has 2 rings (SSSR count). The Morgan fingerprint density at radius 2 is 2.29 bits per heavy atom. The van der Waals surface area contributed by atoms with Gasteiger partial charge in [-0.3, -0.25) is 4.90 Å². The summed E-state index contributed by atoms with van der Waals surface area (Å²) in [5, 5.41) is 6.88. The van der Waals surface area contributed by atoms with E-state index in [-0.39, 0.29) is 0 Å². The van der Waals surface area contributed by atoms with Crippen molar-refractivity contribution in [2.45, 2.75) is 46.3 Å². The van der Waals surface area contributed by atoms with Crippen LogP contribution in [-0.2, 0) is 6.54 Å². The van der Waals surface area contributed by atoms with Crippen LogP contribution in [0, 0.1) is 5.92 Å². The molecule has 0 saturated carbocycles. The van der Waals surface area contributed by atoms with Crippen LogP contribution >= 0.6 is 0 Å². The average molecular weight is 292 g/mol. The first-order valence-electron chi connectivity index (χ1n) is 7.91. The molecular formula is C16H28N4O. The second-order valence-corrected chi connectivity index (χ2v) is 6.05. The van der Waals surface area contributed by atoms with Gasteiger partial charge in [0.05, 0.1) is 6.26 Å². The first-order valence-corrected chi connectivity index (χ1v) is 7.91. The van der Waals surface area contributed by atoms with Gasteiger partial charge in [0.15, 0.2) is 5.96 Å². The molecule has 2 atom stereocenters. The highest BCUT2D eigenvalue weighted by Gasteiger charge is 2.31. The summed E-state index contributed by atoms with van der Waals surface area (Å²) in [4.78, 5) is 7.12. The molecule has 118 valence electrons. The van der Waals surface area contributed by atoms with Gasteiger partial charge in [-0.1, -0.05) is 6.92 Å². The highest BCUT2D eigenvalue weighted by molar-refractivity contribution is 5.80. The summed E-state index contributed by atoms with van der Waals surface area (Å²) in [7, 11) is 0. The molecule has 1 fully saturated rings. The van der Waals surface area contributed by atoms with E-state index >= 15 is 0 Å². The van der Waals surface area contributed by atoms with E-state index < -0.39 is 0 Å². The van der Waals surface area contributed by atoms with Crippen LogP contribution in [0.3, 0.4) is 0 Å². The second-order valence-electron chi connectivity index (χ2n) is 6.05. The highest BCUT2D eigenvalue weighted by Crippen LogP contribution is 2.18. The number of hydrogen-bond acceptors (Lipinski definition) is 3. The number of likely N-dealkylation sites (tertiary alicyclic amines) is 1. The van der Waals surface area contributed by atoms with Crippen molar-refractivity contribution < 1.29 is 4.42 Å². The van der Waals surface area contributed by atoms with Gasteiger partial charge in [0.2, 0.25) is 0 Å². The molecule has 2 heterocycles. The number of aliphatic imine (C=N–C) groups is 1. The minimum atomic E-state index is 0.446. The number of nitrogens with one attached hydrogen (secondary N) is 2. The lowest BCUT2D eigenvalue weighted by molar-refractivity contribution is 0.265. The summed E-state index contributed by atoms with van der Waals surface area (Å²) >= 11 is 0. The number of nitrogens with zero attached hydrogens (tertiary/aromatic N) is 2. The molecule has 1 aromatic heterocycles. The van der Waals surface area contributed by atoms with Crippen molar-refractivity contribution in [1.82, 2.24) is 15.5 Å². The maximum atomic E-state index is 5.33. The topological polar surface area (TPSA) is 52.8 Å². The van der Waals surface area contributed by atoms with Gasteiger partial charge in [0.1, 0.15) is 12.3 Å². The van der Waals surface area contributed by atoms with Crippen LogP contribution in [0.25, 0.3) is 0 Å². The minimum Gasteiger partial charge on any atom is -0.467 e. The van der Waals surface area contributed by atoms with Crippen molar-refractivity contribution in [3.63, 3.8) is 0 Å². The van der Waals surface area contributed by atoms with Gasteiger partial charge in [-0.2, -0.15) is 0 Å². The van der Waals surface area contributed by atoms with Gasteiger partial charge in [0.25, 0.3) is 0 Å². The Balaban J connectivity index is 1.94. The monoisotopic (exact) mass is 292 g/mol. The molecule has 0 amide bonds. The second kappa shape index (κ2) is 7.50. The van der Waals surface area contributed by atoms with E-state index in [0.29, 0.717) is 24.5 Å². The van der Waals surface area contributed by atoms with Crippen molar-refractivity contribution in [1.29, 1.82) is 0 Å². The number of guanidine groups is 1. The molecule has 5 heteroatoms. The fraction of sp³-hybridized carbons (Fsp3) is 0.688. The van der Waals surface area contributed by atoms with Gasteiger partial charge in [-0.15, -0.1) is 0 Å². The van der Waals surface area contributed by atoms with Crippen molar-refractivity contribution >= 4 is 5.96 Å². The molecule has 0 aliphatic carbocycles. The third-order valence-corrected chi connectivity index (χ3v) is 4.01. The quantitative estimate of drug-likeness (QED) is 0.644. The molecule has 0 radical (unpaired) electrons.